The molecule has 7 heteroatoms. The van der Waals surface area contributed by atoms with Gasteiger partial charge in [0.05, 0.1) is 19.2 Å². The van der Waals surface area contributed by atoms with Crippen molar-refractivity contribution in [3.8, 4) is 22.9 Å². The number of hydrogen-bond acceptors (Lipinski definition) is 4. The molecule has 100 valence electrons. The van der Waals surface area contributed by atoms with E-state index in [1.807, 2.05) is 0 Å². The van der Waals surface area contributed by atoms with Crippen molar-refractivity contribution < 1.29 is 9.47 Å². The number of nitrogens with zero attached hydrogens (tertiary/aromatic N) is 2. The smallest absolute Gasteiger partial charge is 0.180 e. The molecule has 19 heavy (non-hydrogen) atoms. The highest BCUT2D eigenvalue weighted by Gasteiger charge is 2.16. The molecule has 0 fully saturated rings. The SMILES string of the molecule is COc1ccc(-c2nc(Br)cc(Br)n2)c(Cl)c1OC. The van der Waals surface area contributed by atoms with Crippen LogP contribution in [0.4, 0.5) is 0 Å². The standard InChI is InChI=1S/C12H9Br2ClN2O2/c1-18-7-4-3-6(10(15)11(7)19-2)12-16-8(13)5-9(14)17-12/h3-5H,1-2H3. The highest BCUT2D eigenvalue weighted by molar-refractivity contribution is 9.11. The second-order valence-corrected chi connectivity index (χ2v) is 5.50. The third-order valence-electron chi connectivity index (χ3n) is 2.39. The maximum absolute atomic E-state index is 6.32. The molecule has 0 aliphatic carbocycles. The van der Waals surface area contributed by atoms with Gasteiger partial charge in [0.1, 0.15) is 9.21 Å². The van der Waals surface area contributed by atoms with Crippen LogP contribution in [0.3, 0.4) is 0 Å². The fourth-order valence-electron chi connectivity index (χ4n) is 1.57. The number of methoxy groups -OCH3 is 2. The number of halogens is 3. The van der Waals surface area contributed by atoms with Gasteiger partial charge in [-0.1, -0.05) is 11.6 Å². The molecule has 0 aliphatic heterocycles. The van der Waals surface area contributed by atoms with Crippen molar-refractivity contribution in [2.75, 3.05) is 14.2 Å². The Bertz CT molecular complexity index is 603. The van der Waals surface area contributed by atoms with Crippen LogP contribution in [0.5, 0.6) is 11.5 Å². The van der Waals surface area contributed by atoms with Gasteiger partial charge in [-0.3, -0.25) is 0 Å². The Labute approximate surface area is 132 Å². The van der Waals surface area contributed by atoms with E-state index < -0.39 is 0 Å². The Hall–Kier alpha value is -0.850. The molecule has 0 saturated carbocycles. The topological polar surface area (TPSA) is 44.2 Å². The summed E-state index contributed by atoms with van der Waals surface area (Å²) < 4.78 is 11.8. The Kier molecular flexibility index (Phi) is 4.65. The van der Waals surface area contributed by atoms with Gasteiger partial charge in [0.2, 0.25) is 0 Å². The molecule has 0 spiro atoms. The number of rotatable bonds is 3. The van der Waals surface area contributed by atoms with Crippen molar-refractivity contribution in [3.05, 3.63) is 32.4 Å². The molecule has 1 aromatic carbocycles. The fourth-order valence-corrected chi connectivity index (χ4v) is 2.97. The van der Waals surface area contributed by atoms with Crippen LogP contribution in [0, 0.1) is 0 Å². The lowest BCUT2D eigenvalue weighted by Gasteiger charge is -2.12. The first-order valence-corrected chi connectivity index (χ1v) is 7.14. The van der Waals surface area contributed by atoms with Crippen LogP contribution in [-0.4, -0.2) is 24.2 Å². The molecular formula is C12H9Br2ClN2O2. The lowest BCUT2D eigenvalue weighted by Crippen LogP contribution is -1.96. The summed E-state index contributed by atoms with van der Waals surface area (Å²) in [5.41, 5.74) is 0.668. The lowest BCUT2D eigenvalue weighted by atomic mass is 10.2. The first kappa shape index (κ1) is 14.6. The minimum atomic E-state index is 0.409. The molecule has 1 heterocycles. The number of aromatic nitrogens is 2. The van der Waals surface area contributed by atoms with Crippen molar-refractivity contribution in [2.24, 2.45) is 0 Å². The van der Waals surface area contributed by atoms with Gasteiger partial charge in [0, 0.05) is 11.6 Å². The summed E-state index contributed by atoms with van der Waals surface area (Å²) in [6.45, 7) is 0. The molecule has 2 rings (SSSR count). The highest BCUT2D eigenvalue weighted by Crippen LogP contribution is 2.41. The molecule has 1 aromatic heterocycles. The first-order chi connectivity index (χ1) is 9.06. The summed E-state index contributed by atoms with van der Waals surface area (Å²) >= 11 is 13.0. The van der Waals surface area contributed by atoms with Gasteiger partial charge in [0.25, 0.3) is 0 Å². The van der Waals surface area contributed by atoms with E-state index in [2.05, 4.69) is 41.8 Å². The number of hydrogen-bond donors (Lipinski definition) is 0. The van der Waals surface area contributed by atoms with Gasteiger partial charge in [0.15, 0.2) is 17.3 Å². The molecule has 0 unspecified atom stereocenters. The van der Waals surface area contributed by atoms with E-state index in [1.165, 1.54) is 7.11 Å². The molecule has 4 nitrogen and oxygen atoms in total. The van der Waals surface area contributed by atoms with Gasteiger partial charge in [-0.2, -0.15) is 0 Å². The zero-order chi connectivity index (χ0) is 14.0. The maximum atomic E-state index is 6.32. The van der Waals surface area contributed by atoms with Gasteiger partial charge in [-0.15, -0.1) is 0 Å². The summed E-state index contributed by atoms with van der Waals surface area (Å²) in [4.78, 5) is 8.58. The van der Waals surface area contributed by atoms with Crippen LogP contribution in [0.2, 0.25) is 5.02 Å². The van der Waals surface area contributed by atoms with E-state index in [4.69, 9.17) is 21.1 Å². The van der Waals surface area contributed by atoms with Gasteiger partial charge < -0.3 is 9.47 Å². The van der Waals surface area contributed by atoms with Gasteiger partial charge in [-0.25, -0.2) is 9.97 Å². The molecular weight excluding hydrogens is 399 g/mol. The molecule has 2 aromatic rings. The van der Waals surface area contributed by atoms with Crippen LogP contribution >= 0.6 is 43.5 Å². The second kappa shape index (κ2) is 6.07. The number of ether oxygens (including phenoxy) is 2. The quantitative estimate of drug-likeness (QED) is 0.709. The monoisotopic (exact) mass is 406 g/mol. The average Bonchev–Trinajstić information content (AvgIpc) is 2.36. The second-order valence-electron chi connectivity index (χ2n) is 3.50. The molecule has 0 saturated heterocycles. The van der Waals surface area contributed by atoms with E-state index in [1.54, 1.807) is 25.3 Å². The lowest BCUT2D eigenvalue weighted by molar-refractivity contribution is 0.355. The van der Waals surface area contributed by atoms with E-state index in [0.29, 0.717) is 37.1 Å². The van der Waals surface area contributed by atoms with Crippen molar-refractivity contribution in [2.45, 2.75) is 0 Å². The summed E-state index contributed by atoms with van der Waals surface area (Å²) in [6, 6.07) is 5.30. The third kappa shape index (κ3) is 3.01. The molecule has 0 bridgehead atoms. The van der Waals surface area contributed by atoms with Crippen molar-refractivity contribution >= 4 is 43.5 Å². The predicted octanol–water partition coefficient (Wildman–Crippen LogP) is 4.34. The normalized spacial score (nSPS) is 10.4. The summed E-state index contributed by atoms with van der Waals surface area (Å²) in [7, 11) is 3.09. The molecule has 0 atom stereocenters. The Balaban J connectivity index is 2.62. The van der Waals surface area contributed by atoms with E-state index in [-0.39, 0.29) is 0 Å². The third-order valence-corrected chi connectivity index (χ3v) is 3.58. The van der Waals surface area contributed by atoms with E-state index >= 15 is 0 Å². The van der Waals surface area contributed by atoms with Crippen LogP contribution in [0.25, 0.3) is 11.4 Å². The zero-order valence-corrected chi connectivity index (χ0v) is 14.0. The minimum Gasteiger partial charge on any atom is -0.493 e. The van der Waals surface area contributed by atoms with Gasteiger partial charge >= 0.3 is 0 Å². The predicted molar refractivity (Wildman–Crippen MR) is 81.0 cm³/mol. The van der Waals surface area contributed by atoms with Gasteiger partial charge in [-0.05, 0) is 44.0 Å². The van der Waals surface area contributed by atoms with Crippen molar-refractivity contribution in [3.63, 3.8) is 0 Å². The Morgan fingerprint density at radius 2 is 1.68 bits per heavy atom. The molecule has 0 amide bonds. The Morgan fingerprint density at radius 3 is 2.21 bits per heavy atom. The maximum Gasteiger partial charge on any atom is 0.180 e. The first-order valence-electron chi connectivity index (χ1n) is 5.17. The minimum absolute atomic E-state index is 0.409. The molecule has 0 N–H and O–H groups in total. The average molecular weight is 408 g/mol. The Morgan fingerprint density at radius 1 is 1.05 bits per heavy atom. The summed E-state index contributed by atoms with van der Waals surface area (Å²) in [5.74, 6) is 1.51. The van der Waals surface area contributed by atoms with Crippen LogP contribution in [0.15, 0.2) is 27.4 Å². The zero-order valence-electron chi connectivity index (χ0n) is 10.1. The summed E-state index contributed by atoms with van der Waals surface area (Å²) in [5, 5.41) is 0.409. The van der Waals surface area contributed by atoms with Crippen molar-refractivity contribution in [1.82, 2.24) is 9.97 Å². The summed E-state index contributed by atoms with van der Waals surface area (Å²) in [6.07, 6.45) is 0. The van der Waals surface area contributed by atoms with Crippen LogP contribution < -0.4 is 9.47 Å². The van der Waals surface area contributed by atoms with E-state index in [9.17, 15) is 0 Å². The van der Waals surface area contributed by atoms with E-state index in [0.717, 1.165) is 0 Å². The van der Waals surface area contributed by atoms with Crippen molar-refractivity contribution in [1.29, 1.82) is 0 Å². The molecule has 0 aliphatic rings. The number of benzene rings is 1. The van der Waals surface area contributed by atoms with Crippen LogP contribution in [-0.2, 0) is 0 Å². The largest absolute Gasteiger partial charge is 0.493 e. The van der Waals surface area contributed by atoms with Crippen LogP contribution in [0.1, 0.15) is 0 Å². The highest BCUT2D eigenvalue weighted by atomic mass is 79.9. The fraction of sp³-hybridized carbons (Fsp3) is 0.167. The molecule has 0 radical (unpaired) electrons.